The molecule has 31 heavy (non-hydrogen) atoms. The van der Waals surface area contributed by atoms with Crippen molar-refractivity contribution in [1.82, 2.24) is 0 Å². The molecule has 7 nitrogen and oxygen atoms in total. The molecule has 0 amide bonds. The summed E-state index contributed by atoms with van der Waals surface area (Å²) >= 11 is 0. The minimum Gasteiger partial charge on any atom is -0.469 e. The van der Waals surface area contributed by atoms with Gasteiger partial charge in [0, 0.05) is 12.3 Å². The van der Waals surface area contributed by atoms with Gasteiger partial charge < -0.3 is 14.2 Å². The summed E-state index contributed by atoms with van der Waals surface area (Å²) in [6.07, 6.45) is 3.43. The highest BCUT2D eigenvalue weighted by atomic mass is 16.6. The summed E-state index contributed by atoms with van der Waals surface area (Å²) in [5, 5.41) is 0. The van der Waals surface area contributed by atoms with E-state index in [9.17, 15) is 19.2 Å². The number of hydrogen-bond acceptors (Lipinski definition) is 7. The van der Waals surface area contributed by atoms with E-state index in [4.69, 9.17) is 9.47 Å². The maximum absolute atomic E-state index is 12.4. The number of benzene rings is 1. The molecule has 0 radical (unpaired) electrons. The summed E-state index contributed by atoms with van der Waals surface area (Å²) in [4.78, 5) is 47.9. The molecule has 0 spiro atoms. The molecule has 1 atom stereocenters. The largest absolute Gasteiger partial charge is 0.469 e. The summed E-state index contributed by atoms with van der Waals surface area (Å²) in [7, 11) is 1.24. The van der Waals surface area contributed by atoms with E-state index in [1.807, 2.05) is 30.3 Å². The van der Waals surface area contributed by atoms with Gasteiger partial charge in [-0.1, -0.05) is 49.6 Å². The van der Waals surface area contributed by atoms with Crippen LogP contribution in [0.1, 0.15) is 71.3 Å². The number of carbonyl (C=O) groups excluding carboxylic acids is 4. The molecule has 0 aliphatic heterocycles. The summed E-state index contributed by atoms with van der Waals surface area (Å²) < 4.78 is 15.0. The number of unbranched alkanes of at least 4 members (excludes halogenated alkanes) is 3. The van der Waals surface area contributed by atoms with Crippen LogP contribution in [-0.2, 0) is 40.0 Å². The van der Waals surface area contributed by atoms with Gasteiger partial charge in [0.1, 0.15) is 12.2 Å². The lowest BCUT2D eigenvalue weighted by Crippen LogP contribution is -2.33. The fourth-order valence-electron chi connectivity index (χ4n) is 2.93. The van der Waals surface area contributed by atoms with E-state index in [0.29, 0.717) is 25.7 Å². The first-order valence-electron chi connectivity index (χ1n) is 10.7. The van der Waals surface area contributed by atoms with E-state index in [2.05, 4.69) is 4.74 Å². The van der Waals surface area contributed by atoms with Crippen molar-refractivity contribution in [2.24, 2.45) is 5.92 Å². The zero-order valence-corrected chi connectivity index (χ0v) is 19.0. The fraction of sp³-hybridized carbons (Fsp3) is 0.583. The van der Waals surface area contributed by atoms with Crippen LogP contribution in [0.15, 0.2) is 30.3 Å². The third kappa shape index (κ3) is 11.9. The molecule has 0 bridgehead atoms. The Morgan fingerprint density at radius 3 is 2.16 bits per heavy atom. The standard InChI is InChI=1S/C24H34O7/c1-24(2,3)31-23(28)22(27)19(16-21(26)29-4)14-10-5-6-11-15-20(25)30-17-18-12-8-7-9-13-18/h7-9,12-13,19H,5-6,10-11,14-17H2,1-4H3. The van der Waals surface area contributed by atoms with E-state index in [1.54, 1.807) is 20.8 Å². The number of hydrogen-bond donors (Lipinski definition) is 0. The quantitative estimate of drug-likeness (QED) is 0.199. The molecule has 1 aromatic rings. The highest BCUT2D eigenvalue weighted by Crippen LogP contribution is 2.19. The molecule has 7 heteroatoms. The normalized spacial score (nSPS) is 12.0. The van der Waals surface area contributed by atoms with E-state index < -0.39 is 29.2 Å². The van der Waals surface area contributed by atoms with Gasteiger partial charge in [-0.05, 0) is 39.2 Å². The van der Waals surface area contributed by atoms with Gasteiger partial charge in [0.2, 0.25) is 5.78 Å². The SMILES string of the molecule is COC(=O)CC(CCCCCCC(=O)OCc1ccccc1)C(=O)C(=O)OC(C)(C)C. The molecular formula is C24H34O7. The second-order valence-corrected chi connectivity index (χ2v) is 8.44. The van der Waals surface area contributed by atoms with Crippen LogP contribution in [0.4, 0.5) is 0 Å². The molecular weight excluding hydrogens is 400 g/mol. The third-order valence-electron chi connectivity index (χ3n) is 4.54. The Labute approximate surface area is 184 Å². The maximum Gasteiger partial charge on any atom is 0.375 e. The first-order chi connectivity index (χ1) is 14.6. The summed E-state index contributed by atoms with van der Waals surface area (Å²) in [6.45, 7) is 5.30. The van der Waals surface area contributed by atoms with E-state index >= 15 is 0 Å². The smallest absolute Gasteiger partial charge is 0.375 e. The summed E-state index contributed by atoms with van der Waals surface area (Å²) in [6, 6.07) is 9.49. The van der Waals surface area contributed by atoms with Crippen LogP contribution in [0.25, 0.3) is 0 Å². The Balaban J connectivity index is 2.33. The average molecular weight is 435 g/mol. The summed E-state index contributed by atoms with van der Waals surface area (Å²) in [5.74, 6) is -3.18. The lowest BCUT2D eigenvalue weighted by molar-refractivity contribution is -0.164. The van der Waals surface area contributed by atoms with Crippen molar-refractivity contribution < 1.29 is 33.4 Å². The van der Waals surface area contributed by atoms with Crippen LogP contribution in [-0.4, -0.2) is 36.4 Å². The van der Waals surface area contributed by atoms with Gasteiger partial charge in [-0.3, -0.25) is 14.4 Å². The Morgan fingerprint density at radius 2 is 1.55 bits per heavy atom. The zero-order valence-electron chi connectivity index (χ0n) is 19.0. The van der Waals surface area contributed by atoms with Crippen molar-refractivity contribution in [3.8, 4) is 0 Å². The summed E-state index contributed by atoms with van der Waals surface area (Å²) in [5.41, 5.74) is 0.166. The first kappa shape index (κ1) is 26.3. The predicted molar refractivity (Wildman–Crippen MR) is 115 cm³/mol. The van der Waals surface area contributed by atoms with Crippen LogP contribution < -0.4 is 0 Å². The van der Waals surface area contributed by atoms with Crippen LogP contribution in [0.2, 0.25) is 0 Å². The molecule has 1 unspecified atom stereocenters. The number of ketones is 1. The fourth-order valence-corrected chi connectivity index (χ4v) is 2.93. The van der Waals surface area contributed by atoms with Crippen molar-refractivity contribution in [3.05, 3.63) is 35.9 Å². The van der Waals surface area contributed by atoms with Crippen molar-refractivity contribution in [1.29, 1.82) is 0 Å². The number of rotatable bonds is 13. The molecule has 0 aliphatic carbocycles. The molecule has 0 saturated carbocycles. The first-order valence-corrected chi connectivity index (χ1v) is 10.7. The molecule has 0 heterocycles. The number of Topliss-reactive ketones (excluding diaryl/α,β-unsaturated/α-hetero) is 1. The average Bonchev–Trinajstić information content (AvgIpc) is 2.72. The second kappa shape index (κ2) is 13.6. The maximum atomic E-state index is 12.4. The van der Waals surface area contributed by atoms with Gasteiger partial charge in [-0.25, -0.2) is 4.79 Å². The van der Waals surface area contributed by atoms with Crippen molar-refractivity contribution in [2.45, 2.75) is 77.9 Å². The van der Waals surface area contributed by atoms with Gasteiger partial charge >= 0.3 is 17.9 Å². The van der Waals surface area contributed by atoms with Gasteiger partial charge in [0.15, 0.2) is 0 Å². The highest BCUT2D eigenvalue weighted by Gasteiger charge is 2.31. The molecule has 0 aromatic heterocycles. The number of carbonyl (C=O) groups is 4. The topological polar surface area (TPSA) is 96.0 Å². The second-order valence-electron chi connectivity index (χ2n) is 8.44. The minimum absolute atomic E-state index is 0.152. The van der Waals surface area contributed by atoms with Crippen molar-refractivity contribution in [2.75, 3.05) is 7.11 Å². The van der Waals surface area contributed by atoms with E-state index in [-0.39, 0.29) is 19.0 Å². The van der Waals surface area contributed by atoms with E-state index in [0.717, 1.165) is 18.4 Å². The van der Waals surface area contributed by atoms with Crippen LogP contribution >= 0.6 is 0 Å². The van der Waals surface area contributed by atoms with Gasteiger partial charge in [-0.15, -0.1) is 0 Å². The lowest BCUT2D eigenvalue weighted by atomic mass is 9.93. The van der Waals surface area contributed by atoms with Crippen LogP contribution in [0.3, 0.4) is 0 Å². The zero-order chi connectivity index (χ0) is 23.3. The molecule has 0 aliphatic rings. The van der Waals surface area contributed by atoms with Gasteiger partial charge in [0.05, 0.1) is 13.5 Å². The third-order valence-corrected chi connectivity index (χ3v) is 4.54. The molecule has 172 valence electrons. The highest BCUT2D eigenvalue weighted by molar-refractivity contribution is 6.34. The Morgan fingerprint density at radius 1 is 0.903 bits per heavy atom. The number of esters is 3. The van der Waals surface area contributed by atoms with Crippen molar-refractivity contribution in [3.63, 3.8) is 0 Å². The van der Waals surface area contributed by atoms with E-state index in [1.165, 1.54) is 7.11 Å². The number of ether oxygens (including phenoxy) is 3. The minimum atomic E-state index is -0.928. The Hall–Kier alpha value is -2.70. The monoisotopic (exact) mass is 434 g/mol. The Bertz CT molecular complexity index is 719. The molecule has 1 aromatic carbocycles. The van der Waals surface area contributed by atoms with Crippen LogP contribution in [0.5, 0.6) is 0 Å². The van der Waals surface area contributed by atoms with Gasteiger partial charge in [-0.2, -0.15) is 0 Å². The molecule has 0 N–H and O–H groups in total. The molecule has 0 fully saturated rings. The molecule has 0 saturated heterocycles. The van der Waals surface area contributed by atoms with Crippen molar-refractivity contribution >= 4 is 23.7 Å². The predicted octanol–water partition coefficient (Wildman–Crippen LogP) is 4.16. The Kier molecular flexibility index (Phi) is 11.5. The van der Waals surface area contributed by atoms with Gasteiger partial charge in [0.25, 0.3) is 0 Å². The molecule has 1 rings (SSSR count). The number of methoxy groups -OCH3 is 1. The lowest BCUT2D eigenvalue weighted by Gasteiger charge is -2.21. The van der Waals surface area contributed by atoms with Crippen LogP contribution in [0, 0.1) is 5.92 Å².